The van der Waals surface area contributed by atoms with Crippen LogP contribution in [0.25, 0.3) is 10.6 Å². The van der Waals surface area contributed by atoms with Gasteiger partial charge in [-0.1, -0.05) is 20.8 Å². The predicted molar refractivity (Wildman–Crippen MR) is 76.1 cm³/mol. The molecular formula is C12H17N3S2. The summed E-state index contributed by atoms with van der Waals surface area (Å²) in [5.41, 5.74) is 1.14. The van der Waals surface area contributed by atoms with Crippen LogP contribution >= 0.6 is 22.7 Å². The lowest BCUT2D eigenvalue weighted by atomic mass is 9.98. The molecule has 0 unspecified atom stereocenters. The zero-order chi connectivity index (χ0) is 12.5. The molecule has 0 aromatic carbocycles. The van der Waals surface area contributed by atoms with E-state index in [0.29, 0.717) is 0 Å². The van der Waals surface area contributed by atoms with Gasteiger partial charge in [-0.05, 0) is 6.92 Å². The molecule has 0 radical (unpaired) electrons. The zero-order valence-electron chi connectivity index (χ0n) is 10.6. The molecule has 2 aromatic rings. The van der Waals surface area contributed by atoms with E-state index in [-0.39, 0.29) is 5.41 Å². The Bertz CT molecular complexity index is 494. The topological polar surface area (TPSA) is 37.8 Å². The van der Waals surface area contributed by atoms with Crippen molar-refractivity contribution >= 4 is 27.8 Å². The number of nitrogens with one attached hydrogen (secondary N) is 1. The number of hydrogen-bond donors (Lipinski definition) is 1. The Balaban J connectivity index is 2.24. The van der Waals surface area contributed by atoms with Gasteiger partial charge in [0.25, 0.3) is 0 Å². The van der Waals surface area contributed by atoms with Crippen LogP contribution in [0.4, 0.5) is 5.13 Å². The highest BCUT2D eigenvalue weighted by Gasteiger charge is 2.19. The zero-order valence-corrected chi connectivity index (χ0v) is 12.2. The Hall–Kier alpha value is -0.940. The summed E-state index contributed by atoms with van der Waals surface area (Å²) in [4.78, 5) is 10.2. The molecule has 2 heterocycles. The summed E-state index contributed by atoms with van der Waals surface area (Å²) in [7, 11) is 0. The van der Waals surface area contributed by atoms with E-state index in [0.717, 1.165) is 27.3 Å². The maximum atomic E-state index is 4.54. The lowest BCUT2D eigenvalue weighted by Gasteiger charge is -2.13. The van der Waals surface area contributed by atoms with Crippen molar-refractivity contribution < 1.29 is 0 Å². The normalized spacial score (nSPS) is 11.8. The summed E-state index contributed by atoms with van der Waals surface area (Å²) in [5, 5.41) is 7.45. The van der Waals surface area contributed by atoms with Crippen molar-refractivity contribution in [3.05, 3.63) is 16.6 Å². The van der Waals surface area contributed by atoms with E-state index in [1.54, 1.807) is 22.7 Å². The average Bonchev–Trinajstić information content (AvgIpc) is 2.82. The van der Waals surface area contributed by atoms with Gasteiger partial charge in [-0.3, -0.25) is 0 Å². The molecule has 3 nitrogen and oxygen atoms in total. The van der Waals surface area contributed by atoms with E-state index in [9.17, 15) is 0 Å². The van der Waals surface area contributed by atoms with Gasteiger partial charge in [-0.15, -0.1) is 22.7 Å². The van der Waals surface area contributed by atoms with Crippen LogP contribution < -0.4 is 5.32 Å². The second kappa shape index (κ2) is 4.74. The number of rotatable bonds is 3. The Morgan fingerprint density at radius 2 is 2.12 bits per heavy atom. The lowest BCUT2D eigenvalue weighted by molar-refractivity contribution is 0.585. The van der Waals surface area contributed by atoms with Crippen LogP contribution in [0.5, 0.6) is 0 Å². The number of anilines is 1. The summed E-state index contributed by atoms with van der Waals surface area (Å²) in [6, 6.07) is 0. The molecule has 2 rings (SSSR count). The van der Waals surface area contributed by atoms with E-state index in [2.05, 4.69) is 48.4 Å². The SMILES string of the molecule is CCNc1nc(-c2cnc(C(C)(C)C)s2)cs1. The summed E-state index contributed by atoms with van der Waals surface area (Å²) in [5.74, 6) is 0. The Kier molecular flexibility index (Phi) is 3.49. The maximum Gasteiger partial charge on any atom is 0.183 e. The van der Waals surface area contributed by atoms with Gasteiger partial charge in [0, 0.05) is 23.5 Å². The van der Waals surface area contributed by atoms with E-state index in [1.165, 1.54) is 0 Å². The minimum atomic E-state index is 0.115. The van der Waals surface area contributed by atoms with E-state index >= 15 is 0 Å². The van der Waals surface area contributed by atoms with Crippen LogP contribution in [-0.2, 0) is 5.41 Å². The van der Waals surface area contributed by atoms with Crippen molar-refractivity contribution in [1.82, 2.24) is 9.97 Å². The fourth-order valence-electron chi connectivity index (χ4n) is 1.36. The second-order valence-corrected chi connectivity index (χ2v) is 6.74. The van der Waals surface area contributed by atoms with Crippen molar-refractivity contribution in [2.45, 2.75) is 33.1 Å². The molecule has 1 N–H and O–H groups in total. The molecule has 0 aliphatic carbocycles. The first-order valence-corrected chi connectivity index (χ1v) is 7.36. The molecule has 0 aliphatic rings. The van der Waals surface area contributed by atoms with Gasteiger partial charge < -0.3 is 5.32 Å². The fraction of sp³-hybridized carbons (Fsp3) is 0.500. The van der Waals surface area contributed by atoms with Crippen LogP contribution in [0.15, 0.2) is 11.6 Å². The Morgan fingerprint density at radius 1 is 1.35 bits per heavy atom. The molecule has 0 aliphatic heterocycles. The minimum absolute atomic E-state index is 0.115. The van der Waals surface area contributed by atoms with Crippen molar-refractivity contribution in [3.63, 3.8) is 0 Å². The third kappa shape index (κ3) is 2.84. The van der Waals surface area contributed by atoms with Crippen molar-refractivity contribution in [2.75, 3.05) is 11.9 Å². The monoisotopic (exact) mass is 267 g/mol. The molecule has 0 amide bonds. The van der Waals surface area contributed by atoms with Gasteiger partial charge in [-0.2, -0.15) is 0 Å². The molecule has 92 valence electrons. The molecule has 0 spiro atoms. The van der Waals surface area contributed by atoms with Crippen LogP contribution in [-0.4, -0.2) is 16.5 Å². The van der Waals surface area contributed by atoms with Crippen LogP contribution in [0, 0.1) is 0 Å². The number of aromatic nitrogens is 2. The second-order valence-electron chi connectivity index (χ2n) is 4.85. The summed E-state index contributed by atoms with van der Waals surface area (Å²) >= 11 is 3.37. The van der Waals surface area contributed by atoms with E-state index < -0.39 is 0 Å². The first-order valence-electron chi connectivity index (χ1n) is 5.67. The molecule has 0 atom stereocenters. The smallest absolute Gasteiger partial charge is 0.183 e. The Morgan fingerprint density at radius 3 is 2.71 bits per heavy atom. The molecule has 5 heteroatoms. The number of thiazole rings is 2. The lowest BCUT2D eigenvalue weighted by Crippen LogP contribution is -2.09. The average molecular weight is 267 g/mol. The van der Waals surface area contributed by atoms with Crippen molar-refractivity contribution in [3.8, 4) is 10.6 Å². The molecule has 17 heavy (non-hydrogen) atoms. The molecular weight excluding hydrogens is 250 g/mol. The molecule has 0 saturated heterocycles. The van der Waals surface area contributed by atoms with Crippen LogP contribution in [0.3, 0.4) is 0 Å². The van der Waals surface area contributed by atoms with Gasteiger partial charge in [0.05, 0.1) is 15.6 Å². The van der Waals surface area contributed by atoms with Gasteiger partial charge in [0.15, 0.2) is 5.13 Å². The van der Waals surface area contributed by atoms with E-state index in [4.69, 9.17) is 0 Å². The highest BCUT2D eigenvalue weighted by atomic mass is 32.1. The van der Waals surface area contributed by atoms with Crippen molar-refractivity contribution in [1.29, 1.82) is 0 Å². The van der Waals surface area contributed by atoms with Gasteiger partial charge in [0.2, 0.25) is 0 Å². The minimum Gasteiger partial charge on any atom is -0.362 e. The fourth-order valence-corrected chi connectivity index (χ4v) is 3.15. The summed E-state index contributed by atoms with van der Waals surface area (Å²) < 4.78 is 0. The molecule has 0 fully saturated rings. The molecule has 2 aromatic heterocycles. The van der Waals surface area contributed by atoms with Gasteiger partial charge in [0.1, 0.15) is 0 Å². The number of hydrogen-bond acceptors (Lipinski definition) is 5. The summed E-state index contributed by atoms with van der Waals surface area (Å²) in [6.07, 6.45) is 1.93. The Labute approximate surface area is 110 Å². The van der Waals surface area contributed by atoms with Crippen molar-refractivity contribution in [2.24, 2.45) is 0 Å². The highest BCUT2D eigenvalue weighted by Crippen LogP contribution is 2.33. The van der Waals surface area contributed by atoms with Gasteiger partial charge in [-0.25, -0.2) is 9.97 Å². The first-order chi connectivity index (χ1) is 8.00. The molecule has 0 saturated carbocycles. The third-order valence-corrected chi connectivity index (χ3v) is 4.48. The predicted octanol–water partition coefficient (Wildman–Crippen LogP) is 4.00. The maximum absolute atomic E-state index is 4.54. The quantitative estimate of drug-likeness (QED) is 0.913. The van der Waals surface area contributed by atoms with Gasteiger partial charge >= 0.3 is 0 Å². The summed E-state index contributed by atoms with van der Waals surface area (Å²) in [6.45, 7) is 9.52. The third-order valence-electron chi connectivity index (χ3n) is 2.23. The number of nitrogens with zero attached hydrogens (tertiary/aromatic N) is 2. The van der Waals surface area contributed by atoms with Crippen LogP contribution in [0.2, 0.25) is 0 Å². The largest absolute Gasteiger partial charge is 0.362 e. The standard InChI is InChI=1S/C12H17N3S2/c1-5-13-11-15-8(7-16-11)9-6-14-10(17-9)12(2,3)4/h6-7H,5H2,1-4H3,(H,13,15). The highest BCUT2D eigenvalue weighted by molar-refractivity contribution is 7.16. The first kappa shape index (κ1) is 12.5. The molecule has 0 bridgehead atoms. The van der Waals surface area contributed by atoms with Crippen LogP contribution in [0.1, 0.15) is 32.7 Å². The van der Waals surface area contributed by atoms with E-state index in [1.807, 2.05) is 6.20 Å².